The minimum atomic E-state index is 0.246. The lowest BCUT2D eigenvalue weighted by Gasteiger charge is -2.34. The Hall–Kier alpha value is -1.74. The second-order valence-electron chi connectivity index (χ2n) is 5.06. The highest BCUT2D eigenvalue weighted by Gasteiger charge is 2.24. The number of piperidine rings is 1. The second kappa shape index (κ2) is 5.93. The van der Waals surface area contributed by atoms with E-state index < -0.39 is 0 Å². The summed E-state index contributed by atoms with van der Waals surface area (Å²) in [5, 5.41) is 8.39. The van der Waals surface area contributed by atoms with E-state index in [0.29, 0.717) is 0 Å². The Morgan fingerprint density at radius 3 is 2.37 bits per heavy atom. The Morgan fingerprint density at radius 2 is 1.68 bits per heavy atom. The van der Waals surface area contributed by atoms with E-state index in [9.17, 15) is 0 Å². The quantitative estimate of drug-likeness (QED) is 0.842. The fourth-order valence-corrected chi connectivity index (χ4v) is 2.84. The van der Waals surface area contributed by atoms with Gasteiger partial charge in [-0.1, -0.05) is 36.8 Å². The minimum Gasteiger partial charge on any atom is -0.291 e. The summed E-state index contributed by atoms with van der Waals surface area (Å²) in [7, 11) is 0. The molecule has 1 unspecified atom stereocenters. The standard InChI is InChI=1S/C16H19N3/c1-3-8-14(9-4-1)16(15-10-7-11-17-18-15)19-12-5-2-6-13-19/h1,3-4,7-11,16H,2,5-6,12-13H2. The molecule has 2 heterocycles. The molecule has 0 spiro atoms. The van der Waals surface area contributed by atoms with Crippen LogP contribution in [-0.4, -0.2) is 28.2 Å². The molecule has 0 amide bonds. The highest BCUT2D eigenvalue weighted by Crippen LogP contribution is 2.29. The predicted molar refractivity (Wildman–Crippen MR) is 75.7 cm³/mol. The molecule has 98 valence electrons. The molecule has 3 nitrogen and oxygen atoms in total. The van der Waals surface area contributed by atoms with Gasteiger partial charge in [0.1, 0.15) is 0 Å². The van der Waals surface area contributed by atoms with Crippen LogP contribution in [0.1, 0.15) is 36.6 Å². The van der Waals surface area contributed by atoms with Crippen molar-refractivity contribution in [2.24, 2.45) is 0 Å². The summed E-state index contributed by atoms with van der Waals surface area (Å²) in [4.78, 5) is 2.53. The van der Waals surface area contributed by atoms with Crippen molar-refractivity contribution in [2.75, 3.05) is 13.1 Å². The van der Waals surface area contributed by atoms with Gasteiger partial charge in [-0.3, -0.25) is 4.90 Å². The Kier molecular flexibility index (Phi) is 3.84. The molecule has 1 aliphatic rings. The van der Waals surface area contributed by atoms with Gasteiger partial charge in [0, 0.05) is 6.20 Å². The molecular weight excluding hydrogens is 234 g/mol. The van der Waals surface area contributed by atoms with Gasteiger partial charge in [0.2, 0.25) is 0 Å². The molecule has 0 N–H and O–H groups in total. The molecule has 0 aliphatic carbocycles. The maximum Gasteiger partial charge on any atom is 0.0848 e. The minimum absolute atomic E-state index is 0.246. The van der Waals surface area contributed by atoms with Gasteiger partial charge in [-0.05, 0) is 43.6 Å². The molecule has 1 aromatic heterocycles. The van der Waals surface area contributed by atoms with Crippen molar-refractivity contribution in [2.45, 2.75) is 25.3 Å². The van der Waals surface area contributed by atoms with Gasteiger partial charge < -0.3 is 0 Å². The van der Waals surface area contributed by atoms with Gasteiger partial charge in [-0.2, -0.15) is 10.2 Å². The van der Waals surface area contributed by atoms with Crippen molar-refractivity contribution in [1.29, 1.82) is 0 Å². The molecule has 0 bridgehead atoms. The molecule has 0 radical (unpaired) electrons. The fourth-order valence-electron chi connectivity index (χ4n) is 2.84. The number of nitrogens with zero attached hydrogens (tertiary/aromatic N) is 3. The Morgan fingerprint density at radius 1 is 0.895 bits per heavy atom. The summed E-state index contributed by atoms with van der Waals surface area (Å²) >= 11 is 0. The van der Waals surface area contributed by atoms with Gasteiger partial charge in [0.15, 0.2) is 0 Å². The molecular formula is C16H19N3. The summed E-state index contributed by atoms with van der Waals surface area (Å²) in [6.45, 7) is 2.30. The van der Waals surface area contributed by atoms with Crippen molar-refractivity contribution >= 4 is 0 Å². The first-order valence-electron chi connectivity index (χ1n) is 7.02. The van der Waals surface area contributed by atoms with Crippen LogP contribution in [0.4, 0.5) is 0 Å². The smallest absolute Gasteiger partial charge is 0.0848 e. The zero-order chi connectivity index (χ0) is 12.9. The van der Waals surface area contributed by atoms with Gasteiger partial charge in [0.25, 0.3) is 0 Å². The van der Waals surface area contributed by atoms with Gasteiger partial charge in [0.05, 0.1) is 11.7 Å². The van der Waals surface area contributed by atoms with Crippen LogP contribution >= 0.6 is 0 Å². The average Bonchev–Trinajstić information content (AvgIpc) is 2.51. The Balaban J connectivity index is 1.96. The van der Waals surface area contributed by atoms with Crippen molar-refractivity contribution in [3.63, 3.8) is 0 Å². The van der Waals surface area contributed by atoms with Crippen molar-refractivity contribution in [3.05, 3.63) is 59.9 Å². The first-order chi connectivity index (χ1) is 9.45. The molecule has 3 heteroatoms. The molecule has 0 saturated carbocycles. The van der Waals surface area contributed by atoms with E-state index >= 15 is 0 Å². The monoisotopic (exact) mass is 253 g/mol. The van der Waals surface area contributed by atoms with Crippen LogP contribution in [0.15, 0.2) is 48.7 Å². The van der Waals surface area contributed by atoms with Crippen LogP contribution in [0.5, 0.6) is 0 Å². The summed E-state index contributed by atoms with van der Waals surface area (Å²) in [5.74, 6) is 0. The summed E-state index contributed by atoms with van der Waals surface area (Å²) in [6.07, 6.45) is 5.65. The summed E-state index contributed by atoms with van der Waals surface area (Å²) in [5.41, 5.74) is 2.36. The number of hydrogen-bond donors (Lipinski definition) is 0. The van der Waals surface area contributed by atoms with Gasteiger partial charge in [-0.25, -0.2) is 0 Å². The van der Waals surface area contributed by atoms with E-state index in [-0.39, 0.29) is 6.04 Å². The molecule has 1 aromatic carbocycles. The Labute approximate surface area is 114 Å². The lowest BCUT2D eigenvalue weighted by Crippen LogP contribution is -2.34. The third-order valence-corrected chi connectivity index (χ3v) is 3.74. The van der Waals surface area contributed by atoms with E-state index in [0.717, 1.165) is 18.8 Å². The zero-order valence-electron chi connectivity index (χ0n) is 11.1. The van der Waals surface area contributed by atoms with Crippen LogP contribution in [0.25, 0.3) is 0 Å². The van der Waals surface area contributed by atoms with Gasteiger partial charge in [-0.15, -0.1) is 0 Å². The molecule has 1 aliphatic heterocycles. The molecule has 1 fully saturated rings. The van der Waals surface area contributed by atoms with Gasteiger partial charge >= 0.3 is 0 Å². The first kappa shape index (κ1) is 12.3. The van der Waals surface area contributed by atoms with E-state index in [2.05, 4.69) is 51.5 Å². The van der Waals surface area contributed by atoms with E-state index in [1.54, 1.807) is 6.20 Å². The van der Waals surface area contributed by atoms with Crippen LogP contribution in [0, 0.1) is 0 Å². The maximum atomic E-state index is 4.34. The number of hydrogen-bond acceptors (Lipinski definition) is 3. The van der Waals surface area contributed by atoms with Crippen LogP contribution < -0.4 is 0 Å². The van der Waals surface area contributed by atoms with Crippen molar-refractivity contribution in [1.82, 2.24) is 15.1 Å². The van der Waals surface area contributed by atoms with E-state index in [1.165, 1.54) is 24.8 Å². The van der Waals surface area contributed by atoms with Crippen LogP contribution in [-0.2, 0) is 0 Å². The topological polar surface area (TPSA) is 29.0 Å². The second-order valence-corrected chi connectivity index (χ2v) is 5.06. The zero-order valence-corrected chi connectivity index (χ0v) is 11.1. The highest BCUT2D eigenvalue weighted by atomic mass is 15.2. The molecule has 1 saturated heterocycles. The van der Waals surface area contributed by atoms with Crippen molar-refractivity contribution < 1.29 is 0 Å². The lowest BCUT2D eigenvalue weighted by atomic mass is 9.99. The van der Waals surface area contributed by atoms with Crippen LogP contribution in [0.2, 0.25) is 0 Å². The molecule has 2 aromatic rings. The summed E-state index contributed by atoms with van der Waals surface area (Å²) < 4.78 is 0. The maximum absolute atomic E-state index is 4.34. The molecule has 19 heavy (non-hydrogen) atoms. The third-order valence-electron chi connectivity index (χ3n) is 3.74. The predicted octanol–water partition coefficient (Wildman–Crippen LogP) is 3.05. The number of aromatic nitrogens is 2. The van der Waals surface area contributed by atoms with Crippen molar-refractivity contribution in [3.8, 4) is 0 Å². The fraction of sp³-hybridized carbons (Fsp3) is 0.375. The molecule has 3 rings (SSSR count). The van der Waals surface area contributed by atoms with E-state index in [1.807, 2.05) is 6.07 Å². The third kappa shape index (κ3) is 2.82. The van der Waals surface area contributed by atoms with E-state index in [4.69, 9.17) is 0 Å². The Bertz CT molecular complexity index is 452. The lowest BCUT2D eigenvalue weighted by molar-refractivity contribution is 0.184. The highest BCUT2D eigenvalue weighted by molar-refractivity contribution is 5.27. The number of likely N-dealkylation sites (tertiary alicyclic amines) is 1. The first-order valence-corrected chi connectivity index (χ1v) is 7.02. The normalized spacial score (nSPS) is 18.1. The summed E-state index contributed by atoms with van der Waals surface area (Å²) in [6, 6.07) is 14.9. The SMILES string of the molecule is c1ccc(C(c2cccnn2)N2CCCCC2)cc1. The van der Waals surface area contributed by atoms with Crippen LogP contribution in [0.3, 0.4) is 0 Å². The number of rotatable bonds is 3. The molecule has 1 atom stereocenters. The largest absolute Gasteiger partial charge is 0.291 e. The number of benzene rings is 1. The average molecular weight is 253 g/mol.